The van der Waals surface area contributed by atoms with Crippen LogP contribution in [0.25, 0.3) is 0 Å². The largest absolute Gasteiger partial charge is 0.224 e. The quantitative estimate of drug-likeness (QED) is 0.690. The molecule has 0 aliphatic carbocycles. The fourth-order valence-electron chi connectivity index (χ4n) is 1.80. The van der Waals surface area contributed by atoms with Gasteiger partial charge in [-0.15, -0.1) is 0 Å². The number of sulfone groups is 1. The van der Waals surface area contributed by atoms with Crippen LogP contribution < -0.4 is 0 Å². The van der Waals surface area contributed by atoms with E-state index in [4.69, 9.17) is 0 Å². The molecule has 0 spiro atoms. The fraction of sp³-hybridized carbons (Fsp3) is 0.571. The predicted molar refractivity (Wildman–Crippen MR) is 87.4 cm³/mol. The molecule has 0 radical (unpaired) electrons. The maximum absolute atomic E-state index is 12.1. The molecule has 0 fully saturated rings. The van der Waals surface area contributed by atoms with E-state index in [-0.39, 0.29) is 10.8 Å². The van der Waals surface area contributed by atoms with Gasteiger partial charge in [-0.2, -0.15) is 0 Å². The Kier molecular flexibility index (Phi) is 4.66. The van der Waals surface area contributed by atoms with Crippen molar-refractivity contribution in [1.29, 1.82) is 0 Å². The van der Waals surface area contributed by atoms with Gasteiger partial charge in [0.2, 0.25) is 0 Å². The lowest BCUT2D eigenvalue weighted by Gasteiger charge is -2.41. The SMILES string of the molecule is CC(C)(C)C(C)(C)c1c(S(C)(=O)=O)ccc(Br)c1Br. The molecule has 2 nitrogen and oxygen atoms in total. The Morgan fingerprint density at radius 3 is 1.84 bits per heavy atom. The summed E-state index contributed by atoms with van der Waals surface area (Å²) in [7, 11) is -3.27. The van der Waals surface area contributed by atoms with Gasteiger partial charge in [0.1, 0.15) is 0 Å². The molecule has 0 unspecified atom stereocenters. The molecule has 0 amide bonds. The first-order valence-electron chi connectivity index (χ1n) is 5.98. The molecule has 0 bridgehead atoms. The highest BCUT2D eigenvalue weighted by Gasteiger charge is 2.39. The van der Waals surface area contributed by atoms with Crippen LogP contribution in [0.15, 0.2) is 26.0 Å². The van der Waals surface area contributed by atoms with Crippen LogP contribution in [0.4, 0.5) is 0 Å². The Morgan fingerprint density at radius 2 is 1.47 bits per heavy atom. The molecule has 0 atom stereocenters. The van der Waals surface area contributed by atoms with E-state index >= 15 is 0 Å². The second-order valence-electron chi connectivity index (χ2n) is 6.38. The van der Waals surface area contributed by atoms with Gasteiger partial charge in [0.25, 0.3) is 0 Å². The van der Waals surface area contributed by atoms with E-state index in [9.17, 15) is 8.42 Å². The molecule has 108 valence electrons. The van der Waals surface area contributed by atoms with Crippen LogP contribution in [0.1, 0.15) is 40.2 Å². The lowest BCUT2D eigenvalue weighted by Crippen LogP contribution is -2.35. The molecule has 0 N–H and O–H groups in total. The molecule has 19 heavy (non-hydrogen) atoms. The Labute approximate surface area is 133 Å². The summed E-state index contributed by atoms with van der Waals surface area (Å²) in [6.45, 7) is 10.5. The van der Waals surface area contributed by atoms with Crippen molar-refractivity contribution in [2.75, 3.05) is 6.26 Å². The third kappa shape index (κ3) is 3.24. The summed E-state index contributed by atoms with van der Waals surface area (Å²) in [5, 5.41) is 0. The van der Waals surface area contributed by atoms with Gasteiger partial charge in [0.15, 0.2) is 9.84 Å². The first kappa shape index (κ1) is 17.2. The van der Waals surface area contributed by atoms with Crippen molar-refractivity contribution in [3.63, 3.8) is 0 Å². The maximum atomic E-state index is 12.1. The van der Waals surface area contributed by atoms with Crippen molar-refractivity contribution in [3.8, 4) is 0 Å². The van der Waals surface area contributed by atoms with Crippen LogP contribution in [0.3, 0.4) is 0 Å². The molecule has 0 aliphatic rings. The summed E-state index contributed by atoms with van der Waals surface area (Å²) >= 11 is 7.00. The van der Waals surface area contributed by atoms with Gasteiger partial charge >= 0.3 is 0 Å². The number of halogens is 2. The summed E-state index contributed by atoms with van der Waals surface area (Å²) < 4.78 is 25.8. The lowest BCUT2D eigenvalue weighted by atomic mass is 9.65. The highest BCUT2D eigenvalue weighted by atomic mass is 79.9. The minimum Gasteiger partial charge on any atom is -0.224 e. The fourth-order valence-corrected chi connectivity index (χ4v) is 4.15. The molecular weight excluding hydrogens is 392 g/mol. The lowest BCUT2D eigenvalue weighted by molar-refractivity contribution is 0.220. The molecule has 0 saturated carbocycles. The van der Waals surface area contributed by atoms with Crippen molar-refractivity contribution in [2.45, 2.75) is 44.9 Å². The van der Waals surface area contributed by atoms with E-state index in [0.29, 0.717) is 4.90 Å². The van der Waals surface area contributed by atoms with Gasteiger partial charge < -0.3 is 0 Å². The summed E-state index contributed by atoms with van der Waals surface area (Å²) in [5.74, 6) is 0. The van der Waals surface area contributed by atoms with Crippen LogP contribution in [0.2, 0.25) is 0 Å². The molecule has 5 heteroatoms. The van der Waals surface area contributed by atoms with Crippen molar-refractivity contribution >= 4 is 41.7 Å². The molecule has 0 aromatic heterocycles. The van der Waals surface area contributed by atoms with Crippen molar-refractivity contribution < 1.29 is 8.42 Å². The zero-order chi connectivity index (χ0) is 15.2. The van der Waals surface area contributed by atoms with Crippen LogP contribution >= 0.6 is 31.9 Å². The van der Waals surface area contributed by atoms with Crippen LogP contribution in [-0.2, 0) is 15.3 Å². The first-order valence-corrected chi connectivity index (χ1v) is 9.46. The number of benzene rings is 1. The normalized spacial score (nSPS) is 13.7. The zero-order valence-corrected chi connectivity index (χ0v) is 16.1. The van der Waals surface area contributed by atoms with Gasteiger partial charge in [-0.25, -0.2) is 8.42 Å². The topological polar surface area (TPSA) is 34.1 Å². The minimum atomic E-state index is -3.27. The molecule has 1 aromatic carbocycles. The van der Waals surface area contributed by atoms with Gasteiger partial charge in [-0.1, -0.05) is 34.6 Å². The Morgan fingerprint density at radius 1 is 1.00 bits per heavy atom. The minimum absolute atomic E-state index is 0.0737. The van der Waals surface area contributed by atoms with Gasteiger partial charge in [0.05, 0.1) is 4.90 Å². The van der Waals surface area contributed by atoms with E-state index in [1.54, 1.807) is 12.1 Å². The van der Waals surface area contributed by atoms with Gasteiger partial charge in [0, 0.05) is 15.2 Å². The van der Waals surface area contributed by atoms with Crippen molar-refractivity contribution in [1.82, 2.24) is 0 Å². The smallest absolute Gasteiger partial charge is 0.175 e. The summed E-state index contributed by atoms with van der Waals surface area (Å²) in [5.41, 5.74) is 0.459. The second kappa shape index (κ2) is 5.15. The van der Waals surface area contributed by atoms with Crippen LogP contribution in [0.5, 0.6) is 0 Å². The number of rotatable bonds is 2. The average molecular weight is 412 g/mol. The van der Waals surface area contributed by atoms with Crippen LogP contribution in [0, 0.1) is 5.41 Å². The standard InChI is InChI=1S/C14H20Br2O2S/c1-13(2,3)14(4,5)11-10(19(6,17)18)8-7-9(15)12(11)16/h7-8H,1-6H3. The number of hydrogen-bond acceptors (Lipinski definition) is 2. The zero-order valence-electron chi connectivity index (χ0n) is 12.1. The average Bonchev–Trinajstić information content (AvgIpc) is 2.17. The summed E-state index contributed by atoms with van der Waals surface area (Å²) in [6, 6.07) is 3.44. The van der Waals surface area contributed by atoms with E-state index in [1.807, 2.05) is 0 Å². The molecular formula is C14H20Br2O2S. The van der Waals surface area contributed by atoms with Gasteiger partial charge in [-0.3, -0.25) is 0 Å². The van der Waals surface area contributed by atoms with E-state index in [2.05, 4.69) is 66.5 Å². The highest BCUT2D eigenvalue weighted by molar-refractivity contribution is 9.13. The third-order valence-electron chi connectivity index (χ3n) is 3.96. The Balaban J connectivity index is 3.81. The van der Waals surface area contributed by atoms with E-state index in [0.717, 1.165) is 14.5 Å². The van der Waals surface area contributed by atoms with Gasteiger partial charge in [-0.05, 0) is 60.4 Å². The summed E-state index contributed by atoms with van der Waals surface area (Å²) in [4.78, 5) is 0.391. The highest BCUT2D eigenvalue weighted by Crippen LogP contribution is 2.47. The van der Waals surface area contributed by atoms with E-state index < -0.39 is 9.84 Å². The van der Waals surface area contributed by atoms with Crippen molar-refractivity contribution in [3.05, 3.63) is 26.6 Å². The maximum Gasteiger partial charge on any atom is 0.175 e. The summed E-state index contributed by atoms with van der Waals surface area (Å²) in [6.07, 6.45) is 1.25. The Hall–Kier alpha value is 0.130. The third-order valence-corrected chi connectivity index (χ3v) is 7.11. The van der Waals surface area contributed by atoms with Crippen molar-refractivity contribution in [2.24, 2.45) is 5.41 Å². The first-order chi connectivity index (χ1) is 8.30. The second-order valence-corrected chi connectivity index (χ2v) is 10.0. The number of hydrogen-bond donors (Lipinski definition) is 0. The molecule has 0 heterocycles. The molecule has 1 rings (SSSR count). The monoisotopic (exact) mass is 410 g/mol. The molecule has 0 aliphatic heterocycles. The molecule has 1 aromatic rings. The molecule has 0 saturated heterocycles. The van der Waals surface area contributed by atoms with E-state index in [1.165, 1.54) is 6.26 Å². The Bertz CT molecular complexity index is 597. The van der Waals surface area contributed by atoms with Crippen LogP contribution in [-0.4, -0.2) is 14.7 Å². The predicted octanol–water partition coefficient (Wildman–Crippen LogP) is 4.94.